The van der Waals surface area contributed by atoms with E-state index in [4.69, 9.17) is 0 Å². The number of carbonyl (C=O) groups excluding carboxylic acids is 1. The van der Waals surface area contributed by atoms with E-state index < -0.39 is 5.97 Å². The van der Waals surface area contributed by atoms with Crippen LogP contribution in [0.2, 0.25) is 0 Å². The molecule has 64 valence electrons. The first-order valence-corrected chi connectivity index (χ1v) is 3.79. The Kier molecular flexibility index (Phi) is 2.69. The first-order valence-electron chi connectivity index (χ1n) is 3.79. The summed E-state index contributed by atoms with van der Waals surface area (Å²) < 4.78 is 0. The third-order valence-corrected chi connectivity index (χ3v) is 1.50. The van der Waals surface area contributed by atoms with Crippen LogP contribution in [0.4, 0.5) is 5.69 Å². The molecule has 3 nitrogen and oxygen atoms in total. The first-order chi connectivity index (χ1) is 5.74. The molecule has 0 unspecified atom stereocenters. The fourth-order valence-electron chi connectivity index (χ4n) is 0.928. The van der Waals surface area contributed by atoms with Gasteiger partial charge in [0.25, 0.3) is 0 Å². The van der Waals surface area contributed by atoms with Gasteiger partial charge in [0.1, 0.15) is 0 Å². The maximum atomic E-state index is 10.3. The summed E-state index contributed by atoms with van der Waals surface area (Å²) in [6.07, 6.45) is 0. The molecule has 3 heteroatoms. The van der Waals surface area contributed by atoms with Crippen molar-refractivity contribution in [3.05, 3.63) is 29.8 Å². The molecular weight excluding hydrogens is 154 g/mol. The second-order valence-electron chi connectivity index (χ2n) is 2.40. The van der Waals surface area contributed by atoms with Gasteiger partial charge in [-0.1, -0.05) is 12.1 Å². The van der Waals surface area contributed by atoms with Gasteiger partial charge in [0, 0.05) is 12.2 Å². The molecule has 0 heterocycles. The van der Waals surface area contributed by atoms with Crippen molar-refractivity contribution < 1.29 is 9.90 Å². The van der Waals surface area contributed by atoms with Crippen LogP contribution in [-0.2, 0) is 0 Å². The number of aromatic carboxylic acids is 1. The Hall–Kier alpha value is -1.51. The number of benzene rings is 1. The van der Waals surface area contributed by atoms with E-state index in [1.54, 1.807) is 12.1 Å². The Balaban J connectivity index is 2.78. The van der Waals surface area contributed by atoms with Crippen LogP contribution in [0.3, 0.4) is 0 Å². The number of hydrogen-bond donors (Lipinski definition) is 1. The zero-order chi connectivity index (χ0) is 8.97. The van der Waals surface area contributed by atoms with E-state index in [0.29, 0.717) is 0 Å². The van der Waals surface area contributed by atoms with Crippen LogP contribution in [0, 0.1) is 0 Å². The van der Waals surface area contributed by atoms with Gasteiger partial charge in [-0.3, -0.25) is 0 Å². The number of carbonyl (C=O) groups is 1. The Morgan fingerprint density at radius 1 is 1.42 bits per heavy atom. The molecule has 0 aliphatic carbocycles. The average Bonchev–Trinajstić information content (AvgIpc) is 2.06. The Morgan fingerprint density at radius 2 is 2.00 bits per heavy atom. The molecule has 1 aromatic carbocycles. The van der Waals surface area contributed by atoms with Crippen molar-refractivity contribution in [2.75, 3.05) is 11.9 Å². The van der Waals surface area contributed by atoms with Gasteiger partial charge in [-0.25, -0.2) is 0 Å². The molecule has 0 saturated carbocycles. The van der Waals surface area contributed by atoms with E-state index in [2.05, 4.69) is 5.32 Å². The SMILES string of the molecule is CCNc1ccc(C(=O)[O-])cc1. The van der Waals surface area contributed by atoms with Crippen molar-refractivity contribution in [2.24, 2.45) is 0 Å². The summed E-state index contributed by atoms with van der Waals surface area (Å²) in [5.74, 6) is -1.14. The largest absolute Gasteiger partial charge is 0.545 e. The summed E-state index contributed by atoms with van der Waals surface area (Å²) in [6.45, 7) is 2.80. The van der Waals surface area contributed by atoms with Crippen molar-refractivity contribution in [1.29, 1.82) is 0 Å². The van der Waals surface area contributed by atoms with Gasteiger partial charge in [0.15, 0.2) is 0 Å². The summed E-state index contributed by atoms with van der Waals surface area (Å²) in [7, 11) is 0. The number of nitrogens with one attached hydrogen (secondary N) is 1. The fourth-order valence-corrected chi connectivity index (χ4v) is 0.928. The molecule has 0 aliphatic heterocycles. The van der Waals surface area contributed by atoms with Crippen LogP contribution in [0.1, 0.15) is 17.3 Å². The zero-order valence-corrected chi connectivity index (χ0v) is 6.83. The van der Waals surface area contributed by atoms with Crippen molar-refractivity contribution in [3.8, 4) is 0 Å². The zero-order valence-electron chi connectivity index (χ0n) is 6.83. The third-order valence-electron chi connectivity index (χ3n) is 1.50. The van der Waals surface area contributed by atoms with Crippen LogP contribution in [-0.4, -0.2) is 12.5 Å². The molecular formula is C9H10NO2-. The van der Waals surface area contributed by atoms with Gasteiger partial charge >= 0.3 is 0 Å². The monoisotopic (exact) mass is 164 g/mol. The van der Waals surface area contributed by atoms with Gasteiger partial charge in [0.2, 0.25) is 0 Å². The molecule has 1 aromatic rings. The van der Waals surface area contributed by atoms with Crippen molar-refractivity contribution in [3.63, 3.8) is 0 Å². The van der Waals surface area contributed by atoms with Gasteiger partial charge in [-0.2, -0.15) is 0 Å². The average molecular weight is 164 g/mol. The molecule has 0 aromatic heterocycles. The number of carboxylic acids is 1. The number of rotatable bonds is 3. The van der Waals surface area contributed by atoms with Crippen molar-refractivity contribution in [2.45, 2.75) is 6.92 Å². The van der Waals surface area contributed by atoms with Crippen molar-refractivity contribution >= 4 is 11.7 Å². The molecule has 0 amide bonds. The Labute approximate surface area is 71.0 Å². The predicted octanol–water partition coefficient (Wildman–Crippen LogP) is 0.482. The highest BCUT2D eigenvalue weighted by molar-refractivity contribution is 5.86. The predicted molar refractivity (Wildman–Crippen MR) is 44.9 cm³/mol. The Bertz CT molecular complexity index is 266. The highest BCUT2D eigenvalue weighted by atomic mass is 16.4. The van der Waals surface area contributed by atoms with Gasteiger partial charge in [0.05, 0.1) is 5.97 Å². The lowest BCUT2D eigenvalue weighted by Crippen LogP contribution is -2.21. The number of carboxylic acid groups (broad SMARTS) is 1. The van der Waals surface area contributed by atoms with Crippen LogP contribution in [0.25, 0.3) is 0 Å². The normalized spacial score (nSPS) is 9.42. The summed E-state index contributed by atoms with van der Waals surface area (Å²) in [4.78, 5) is 10.3. The summed E-state index contributed by atoms with van der Waals surface area (Å²) in [5, 5.41) is 13.4. The molecule has 0 radical (unpaired) electrons. The first kappa shape index (κ1) is 8.59. The van der Waals surface area contributed by atoms with E-state index in [-0.39, 0.29) is 5.56 Å². The molecule has 0 spiro atoms. The maximum absolute atomic E-state index is 10.3. The lowest BCUT2D eigenvalue weighted by molar-refractivity contribution is -0.255. The van der Waals surface area contributed by atoms with Crippen LogP contribution in [0.15, 0.2) is 24.3 Å². The number of anilines is 1. The standard InChI is InChI=1S/C9H11NO2/c1-2-10-8-5-3-7(4-6-8)9(11)12/h3-6,10H,2H2,1H3,(H,11,12)/p-1. The summed E-state index contributed by atoms with van der Waals surface area (Å²) in [6, 6.07) is 6.48. The van der Waals surface area contributed by atoms with E-state index in [0.717, 1.165) is 12.2 Å². The van der Waals surface area contributed by atoms with Gasteiger partial charge in [-0.05, 0) is 24.6 Å². The lowest BCUT2D eigenvalue weighted by Gasteiger charge is -2.05. The number of hydrogen-bond acceptors (Lipinski definition) is 3. The van der Waals surface area contributed by atoms with E-state index in [1.165, 1.54) is 12.1 Å². The molecule has 0 aliphatic rings. The molecule has 12 heavy (non-hydrogen) atoms. The second-order valence-corrected chi connectivity index (χ2v) is 2.40. The van der Waals surface area contributed by atoms with E-state index >= 15 is 0 Å². The third kappa shape index (κ3) is 1.99. The minimum Gasteiger partial charge on any atom is -0.545 e. The Morgan fingerprint density at radius 3 is 2.42 bits per heavy atom. The van der Waals surface area contributed by atoms with Gasteiger partial charge < -0.3 is 15.2 Å². The molecule has 0 atom stereocenters. The smallest absolute Gasteiger partial charge is 0.0715 e. The minimum absolute atomic E-state index is 0.205. The fraction of sp³-hybridized carbons (Fsp3) is 0.222. The highest BCUT2D eigenvalue weighted by Gasteiger charge is 1.92. The second kappa shape index (κ2) is 3.76. The minimum atomic E-state index is -1.14. The lowest BCUT2D eigenvalue weighted by atomic mass is 10.2. The molecule has 0 bridgehead atoms. The molecule has 0 fully saturated rings. The van der Waals surface area contributed by atoms with Gasteiger partial charge in [-0.15, -0.1) is 0 Å². The van der Waals surface area contributed by atoms with E-state index in [9.17, 15) is 9.90 Å². The molecule has 0 saturated heterocycles. The van der Waals surface area contributed by atoms with Crippen molar-refractivity contribution in [1.82, 2.24) is 0 Å². The quantitative estimate of drug-likeness (QED) is 0.707. The molecule has 1 N–H and O–H groups in total. The van der Waals surface area contributed by atoms with E-state index in [1.807, 2.05) is 6.92 Å². The summed E-state index contributed by atoms with van der Waals surface area (Å²) >= 11 is 0. The summed E-state index contributed by atoms with van der Waals surface area (Å²) in [5.41, 5.74) is 1.12. The van der Waals surface area contributed by atoms with Crippen LogP contribution >= 0.6 is 0 Å². The molecule has 1 rings (SSSR count). The maximum Gasteiger partial charge on any atom is 0.0715 e. The topological polar surface area (TPSA) is 52.2 Å². The van der Waals surface area contributed by atoms with Crippen LogP contribution < -0.4 is 10.4 Å². The highest BCUT2D eigenvalue weighted by Crippen LogP contribution is 2.07. The van der Waals surface area contributed by atoms with Crippen LogP contribution in [0.5, 0.6) is 0 Å².